The van der Waals surface area contributed by atoms with E-state index in [9.17, 15) is 8.42 Å². The lowest BCUT2D eigenvalue weighted by atomic mass is 10.4. The minimum atomic E-state index is -2.72. The first-order valence-corrected chi connectivity index (χ1v) is 6.44. The Hall–Kier alpha value is 0.260. The minimum Gasteiger partial charge on any atom is -0.300 e. The lowest BCUT2D eigenvalue weighted by molar-refractivity contribution is 0.300. The van der Waals surface area contributed by atoms with Gasteiger partial charge in [-0.2, -0.15) is 12.6 Å². The predicted octanol–water partition coefficient (Wildman–Crippen LogP) is 0.0351. The molecule has 12 heavy (non-hydrogen) atoms. The van der Waals surface area contributed by atoms with E-state index in [1.54, 1.807) is 0 Å². The molecule has 1 saturated heterocycles. The highest BCUT2D eigenvalue weighted by atomic mass is 32.2. The van der Waals surface area contributed by atoms with Gasteiger partial charge in [0.1, 0.15) is 0 Å². The van der Waals surface area contributed by atoms with Crippen LogP contribution in [0.1, 0.15) is 6.92 Å². The molecule has 1 heterocycles. The van der Waals surface area contributed by atoms with Gasteiger partial charge in [-0.15, -0.1) is 0 Å². The molecule has 3 nitrogen and oxygen atoms in total. The molecule has 1 fully saturated rings. The molecule has 0 aromatic rings. The lowest BCUT2D eigenvalue weighted by Crippen LogP contribution is -2.42. The SMILES string of the molecule is CC(S)CN1CCS(=O)(=O)CC1. The summed E-state index contributed by atoms with van der Waals surface area (Å²) in [5.74, 6) is 0.626. The highest BCUT2D eigenvalue weighted by Crippen LogP contribution is 2.05. The zero-order chi connectivity index (χ0) is 9.19. The Bertz CT molecular complexity index is 222. The van der Waals surface area contributed by atoms with Crippen LogP contribution < -0.4 is 0 Å². The van der Waals surface area contributed by atoms with Crippen LogP contribution in [0, 0.1) is 0 Å². The number of nitrogens with zero attached hydrogens (tertiary/aromatic N) is 1. The van der Waals surface area contributed by atoms with E-state index in [0.717, 1.165) is 6.54 Å². The molecule has 0 saturated carbocycles. The molecular weight excluding hydrogens is 194 g/mol. The third kappa shape index (κ3) is 3.33. The maximum Gasteiger partial charge on any atom is 0.152 e. The summed E-state index contributed by atoms with van der Waals surface area (Å²) in [7, 11) is -2.72. The first-order chi connectivity index (χ1) is 5.49. The van der Waals surface area contributed by atoms with Gasteiger partial charge in [0.2, 0.25) is 0 Å². The number of thiol groups is 1. The van der Waals surface area contributed by atoms with Gasteiger partial charge in [0.25, 0.3) is 0 Å². The zero-order valence-corrected chi connectivity index (χ0v) is 8.94. The summed E-state index contributed by atoms with van der Waals surface area (Å²) < 4.78 is 22.1. The highest BCUT2D eigenvalue weighted by Gasteiger charge is 2.21. The Morgan fingerprint density at radius 3 is 2.33 bits per heavy atom. The van der Waals surface area contributed by atoms with Crippen molar-refractivity contribution in [2.24, 2.45) is 0 Å². The first-order valence-electron chi connectivity index (χ1n) is 4.10. The van der Waals surface area contributed by atoms with Gasteiger partial charge in [-0.1, -0.05) is 6.92 Å². The lowest BCUT2D eigenvalue weighted by Gasteiger charge is -2.27. The Labute approximate surface area is 79.5 Å². The van der Waals surface area contributed by atoms with Crippen LogP contribution >= 0.6 is 12.6 Å². The van der Waals surface area contributed by atoms with E-state index in [4.69, 9.17) is 0 Å². The molecule has 1 aliphatic rings. The normalized spacial score (nSPS) is 26.8. The maximum atomic E-state index is 11.0. The van der Waals surface area contributed by atoms with Crippen LogP contribution in [-0.4, -0.2) is 49.7 Å². The van der Waals surface area contributed by atoms with Crippen LogP contribution in [0.2, 0.25) is 0 Å². The molecule has 1 aliphatic heterocycles. The van der Waals surface area contributed by atoms with Crippen molar-refractivity contribution in [3.05, 3.63) is 0 Å². The second kappa shape index (κ2) is 3.98. The summed E-state index contributed by atoms with van der Waals surface area (Å²) in [5, 5.41) is 0.325. The number of hydrogen-bond acceptors (Lipinski definition) is 4. The molecule has 0 aromatic carbocycles. The summed E-state index contributed by atoms with van der Waals surface area (Å²) in [5.41, 5.74) is 0. The van der Waals surface area contributed by atoms with Gasteiger partial charge < -0.3 is 4.90 Å². The summed E-state index contributed by atoms with van der Waals surface area (Å²) in [6.07, 6.45) is 0. The van der Waals surface area contributed by atoms with Crippen molar-refractivity contribution in [2.45, 2.75) is 12.2 Å². The van der Waals surface area contributed by atoms with E-state index in [-0.39, 0.29) is 0 Å². The molecule has 1 rings (SSSR count). The number of hydrogen-bond donors (Lipinski definition) is 1. The molecule has 1 atom stereocenters. The third-order valence-corrected chi connectivity index (χ3v) is 3.73. The summed E-state index contributed by atoms with van der Waals surface area (Å²) >= 11 is 4.26. The number of sulfone groups is 1. The van der Waals surface area contributed by atoms with Crippen LogP contribution in [0.25, 0.3) is 0 Å². The van der Waals surface area contributed by atoms with Crippen molar-refractivity contribution in [3.63, 3.8) is 0 Å². The average molecular weight is 209 g/mol. The van der Waals surface area contributed by atoms with E-state index in [0.29, 0.717) is 29.8 Å². The summed E-state index contributed by atoms with van der Waals surface area (Å²) in [6.45, 7) is 4.26. The quantitative estimate of drug-likeness (QED) is 0.652. The van der Waals surface area contributed by atoms with Crippen molar-refractivity contribution < 1.29 is 8.42 Å². The fraction of sp³-hybridized carbons (Fsp3) is 1.00. The van der Waals surface area contributed by atoms with Crippen LogP contribution in [-0.2, 0) is 9.84 Å². The average Bonchev–Trinajstić information content (AvgIpc) is 1.93. The zero-order valence-electron chi connectivity index (χ0n) is 7.23. The minimum absolute atomic E-state index is 0.313. The largest absolute Gasteiger partial charge is 0.300 e. The van der Waals surface area contributed by atoms with Gasteiger partial charge >= 0.3 is 0 Å². The maximum absolute atomic E-state index is 11.0. The molecule has 0 bridgehead atoms. The van der Waals surface area contributed by atoms with E-state index < -0.39 is 9.84 Å². The van der Waals surface area contributed by atoms with Crippen LogP contribution in [0.15, 0.2) is 0 Å². The second-order valence-electron chi connectivity index (χ2n) is 3.30. The first kappa shape index (κ1) is 10.3. The molecule has 0 aromatic heterocycles. The van der Waals surface area contributed by atoms with E-state index in [1.807, 2.05) is 6.92 Å². The monoisotopic (exact) mass is 209 g/mol. The van der Waals surface area contributed by atoms with Crippen molar-refractivity contribution in [2.75, 3.05) is 31.1 Å². The highest BCUT2D eigenvalue weighted by molar-refractivity contribution is 7.91. The van der Waals surface area contributed by atoms with Gasteiger partial charge in [0, 0.05) is 24.9 Å². The third-order valence-electron chi connectivity index (χ3n) is 1.96. The van der Waals surface area contributed by atoms with E-state index in [2.05, 4.69) is 17.5 Å². The van der Waals surface area contributed by atoms with Crippen molar-refractivity contribution >= 4 is 22.5 Å². The van der Waals surface area contributed by atoms with Crippen LogP contribution in [0.3, 0.4) is 0 Å². The van der Waals surface area contributed by atoms with Crippen molar-refractivity contribution in [3.8, 4) is 0 Å². The Balaban J connectivity index is 2.36. The van der Waals surface area contributed by atoms with Crippen molar-refractivity contribution in [1.29, 1.82) is 0 Å². The Kier molecular flexibility index (Phi) is 3.43. The Morgan fingerprint density at radius 1 is 1.42 bits per heavy atom. The molecule has 0 spiro atoms. The van der Waals surface area contributed by atoms with E-state index >= 15 is 0 Å². The smallest absolute Gasteiger partial charge is 0.152 e. The molecule has 0 amide bonds. The molecule has 1 unspecified atom stereocenters. The van der Waals surface area contributed by atoms with Crippen LogP contribution in [0.4, 0.5) is 0 Å². The molecular formula is C7H15NO2S2. The topological polar surface area (TPSA) is 37.4 Å². The molecule has 5 heteroatoms. The fourth-order valence-electron chi connectivity index (χ4n) is 1.31. The standard InChI is InChI=1S/C7H15NO2S2/c1-7(11)6-8-2-4-12(9,10)5-3-8/h7,11H,2-6H2,1H3. The fourth-order valence-corrected chi connectivity index (χ4v) is 2.81. The van der Waals surface area contributed by atoms with E-state index in [1.165, 1.54) is 0 Å². The predicted molar refractivity (Wildman–Crippen MR) is 53.5 cm³/mol. The molecule has 0 radical (unpaired) electrons. The molecule has 72 valence electrons. The van der Waals surface area contributed by atoms with Gasteiger partial charge in [0.15, 0.2) is 9.84 Å². The number of rotatable bonds is 2. The summed E-state index contributed by atoms with van der Waals surface area (Å²) in [6, 6.07) is 0. The second-order valence-corrected chi connectivity index (χ2v) is 6.49. The summed E-state index contributed by atoms with van der Waals surface area (Å²) in [4.78, 5) is 2.15. The Morgan fingerprint density at radius 2 is 1.92 bits per heavy atom. The molecule has 0 N–H and O–H groups in total. The van der Waals surface area contributed by atoms with Crippen LogP contribution in [0.5, 0.6) is 0 Å². The van der Waals surface area contributed by atoms with Gasteiger partial charge in [-0.25, -0.2) is 8.42 Å². The molecule has 0 aliphatic carbocycles. The van der Waals surface area contributed by atoms with Gasteiger partial charge in [-0.05, 0) is 0 Å². The van der Waals surface area contributed by atoms with Crippen molar-refractivity contribution in [1.82, 2.24) is 4.90 Å². The van der Waals surface area contributed by atoms with Gasteiger partial charge in [-0.3, -0.25) is 0 Å². The van der Waals surface area contributed by atoms with Gasteiger partial charge in [0.05, 0.1) is 11.5 Å².